The van der Waals surface area contributed by atoms with Gasteiger partial charge in [0, 0.05) is 17.9 Å². The molecule has 3 aromatic rings. The molecule has 24 heavy (non-hydrogen) atoms. The minimum Gasteiger partial charge on any atom is -0.352 e. The van der Waals surface area contributed by atoms with Gasteiger partial charge in [-0.3, -0.25) is 4.79 Å². The van der Waals surface area contributed by atoms with Crippen molar-refractivity contribution in [1.82, 2.24) is 15.3 Å². The Hall–Kier alpha value is -1.92. The first-order chi connectivity index (χ1) is 11.6. The van der Waals surface area contributed by atoms with Crippen LogP contribution in [0.3, 0.4) is 0 Å². The number of carbonyl (C=O) groups is 1. The molecule has 4 nitrogen and oxygen atoms in total. The topological polar surface area (TPSA) is 54.9 Å². The second kappa shape index (κ2) is 7.77. The van der Waals surface area contributed by atoms with Crippen molar-refractivity contribution < 1.29 is 4.79 Å². The number of nitrogens with zero attached hydrogens (tertiary/aromatic N) is 2. The van der Waals surface area contributed by atoms with E-state index in [9.17, 15) is 4.79 Å². The Morgan fingerprint density at radius 2 is 2.17 bits per heavy atom. The summed E-state index contributed by atoms with van der Waals surface area (Å²) in [5.74, 6) is 1.20. The zero-order valence-corrected chi connectivity index (χ0v) is 15.3. The Bertz CT molecular complexity index is 845. The van der Waals surface area contributed by atoms with E-state index in [4.69, 9.17) is 0 Å². The van der Waals surface area contributed by atoms with Gasteiger partial charge >= 0.3 is 0 Å². The first-order valence-electron chi connectivity index (χ1n) is 7.81. The van der Waals surface area contributed by atoms with Gasteiger partial charge in [0.05, 0.1) is 10.2 Å². The molecule has 0 unspecified atom stereocenters. The summed E-state index contributed by atoms with van der Waals surface area (Å²) in [6.07, 6.45) is 1.60. The normalized spacial score (nSPS) is 11.1. The molecule has 0 fully saturated rings. The average molecular weight is 358 g/mol. The third-order valence-corrected chi connectivity index (χ3v) is 5.55. The number of amides is 1. The van der Waals surface area contributed by atoms with Crippen LogP contribution in [0.15, 0.2) is 47.1 Å². The van der Waals surface area contributed by atoms with Crippen LogP contribution in [-0.4, -0.2) is 22.4 Å². The Kier molecular flexibility index (Phi) is 5.48. The lowest BCUT2D eigenvalue weighted by molar-refractivity contribution is 0.0949. The molecular weight excluding hydrogens is 338 g/mol. The van der Waals surface area contributed by atoms with Gasteiger partial charge in [-0.2, -0.15) is 0 Å². The Balaban J connectivity index is 1.68. The van der Waals surface area contributed by atoms with Crippen LogP contribution in [0.4, 0.5) is 0 Å². The number of carbonyl (C=O) groups excluding carboxylic acids is 1. The Morgan fingerprint density at radius 3 is 3.00 bits per heavy atom. The van der Waals surface area contributed by atoms with Gasteiger partial charge in [-0.15, -0.1) is 23.1 Å². The Morgan fingerprint density at radius 1 is 1.29 bits per heavy atom. The summed E-state index contributed by atoms with van der Waals surface area (Å²) >= 11 is 3.33. The number of benzene rings is 1. The number of thiophene rings is 1. The lowest BCUT2D eigenvalue weighted by Crippen LogP contribution is -2.27. The molecule has 0 spiro atoms. The molecule has 1 amide bonds. The van der Waals surface area contributed by atoms with E-state index in [0.29, 0.717) is 18.0 Å². The summed E-state index contributed by atoms with van der Waals surface area (Å²) in [7, 11) is 0. The number of hydrogen-bond acceptors (Lipinski definition) is 5. The number of nitrogens with one attached hydrogen (secondary N) is 1. The van der Waals surface area contributed by atoms with Crippen molar-refractivity contribution in [3.63, 3.8) is 0 Å². The maximum atomic E-state index is 12.2. The minimum atomic E-state index is -0.0155. The molecule has 0 radical (unpaired) electrons. The van der Waals surface area contributed by atoms with Crippen molar-refractivity contribution in [3.8, 4) is 0 Å². The van der Waals surface area contributed by atoms with E-state index in [-0.39, 0.29) is 5.91 Å². The predicted octanol–water partition coefficient (Wildman–Crippen LogP) is 4.37. The van der Waals surface area contributed by atoms with Crippen molar-refractivity contribution in [2.24, 2.45) is 5.92 Å². The standard InChI is InChI=1S/C18H19N3OS2/c1-12(2)9-19-17(22)14-5-3-4-13(8-14)10-24-18-16-15(6-7-23-16)20-11-21-18/h3-8,11-12H,9-10H2,1-2H3,(H,19,22). The van der Waals surface area contributed by atoms with E-state index < -0.39 is 0 Å². The molecule has 0 saturated carbocycles. The highest BCUT2D eigenvalue weighted by Crippen LogP contribution is 2.30. The molecule has 124 valence electrons. The second-order valence-corrected chi connectivity index (χ2v) is 7.79. The van der Waals surface area contributed by atoms with E-state index in [1.807, 2.05) is 35.7 Å². The summed E-state index contributed by atoms with van der Waals surface area (Å²) in [5.41, 5.74) is 2.80. The van der Waals surface area contributed by atoms with Gasteiger partial charge in [0.1, 0.15) is 11.4 Å². The predicted molar refractivity (Wildman–Crippen MR) is 101 cm³/mol. The van der Waals surface area contributed by atoms with E-state index >= 15 is 0 Å². The van der Waals surface area contributed by atoms with Crippen molar-refractivity contribution >= 4 is 39.2 Å². The lowest BCUT2D eigenvalue weighted by atomic mass is 10.1. The zero-order chi connectivity index (χ0) is 16.9. The molecule has 6 heteroatoms. The SMILES string of the molecule is CC(C)CNC(=O)c1cccc(CSc2ncnc3ccsc23)c1. The van der Waals surface area contributed by atoms with Crippen LogP contribution < -0.4 is 5.32 Å². The molecular formula is C18H19N3OS2. The quantitative estimate of drug-likeness (QED) is 0.526. The summed E-state index contributed by atoms with van der Waals surface area (Å²) in [6, 6.07) is 9.78. The van der Waals surface area contributed by atoms with Gasteiger partial charge in [0.25, 0.3) is 5.91 Å². The molecule has 0 aliphatic heterocycles. The fraction of sp³-hybridized carbons (Fsp3) is 0.278. The van der Waals surface area contributed by atoms with Crippen molar-refractivity contribution in [1.29, 1.82) is 0 Å². The zero-order valence-electron chi connectivity index (χ0n) is 13.7. The lowest BCUT2D eigenvalue weighted by Gasteiger charge is -2.09. The third-order valence-electron chi connectivity index (χ3n) is 3.45. The molecule has 0 bridgehead atoms. The first-order valence-corrected chi connectivity index (χ1v) is 9.68. The molecule has 2 aromatic heterocycles. The number of aromatic nitrogens is 2. The maximum Gasteiger partial charge on any atom is 0.251 e. The summed E-state index contributed by atoms with van der Waals surface area (Å²) in [6.45, 7) is 4.86. The van der Waals surface area contributed by atoms with Gasteiger partial charge in [-0.05, 0) is 35.1 Å². The first kappa shape index (κ1) is 16.9. The number of hydrogen-bond donors (Lipinski definition) is 1. The number of rotatable bonds is 6. The minimum absolute atomic E-state index is 0.0155. The van der Waals surface area contributed by atoms with Crippen LogP contribution in [0.2, 0.25) is 0 Å². The largest absolute Gasteiger partial charge is 0.352 e. The van der Waals surface area contributed by atoms with Crippen molar-refractivity contribution in [2.75, 3.05) is 6.54 Å². The monoisotopic (exact) mass is 357 g/mol. The van der Waals surface area contributed by atoms with Crippen LogP contribution in [0, 0.1) is 5.92 Å². The second-order valence-electron chi connectivity index (χ2n) is 5.91. The van der Waals surface area contributed by atoms with Gasteiger partial charge in [0.2, 0.25) is 0 Å². The van der Waals surface area contributed by atoms with E-state index in [2.05, 4.69) is 29.1 Å². The molecule has 1 N–H and O–H groups in total. The fourth-order valence-electron chi connectivity index (χ4n) is 2.22. The van der Waals surface area contributed by atoms with Crippen molar-refractivity contribution in [3.05, 3.63) is 53.2 Å². The smallest absolute Gasteiger partial charge is 0.251 e. The average Bonchev–Trinajstić information content (AvgIpc) is 3.07. The van der Waals surface area contributed by atoms with Crippen LogP contribution in [-0.2, 0) is 5.75 Å². The molecule has 0 saturated heterocycles. The fourth-order valence-corrected chi connectivity index (χ4v) is 4.11. The van der Waals surface area contributed by atoms with Crippen LogP contribution in [0.1, 0.15) is 29.8 Å². The highest BCUT2D eigenvalue weighted by molar-refractivity contribution is 7.98. The maximum absolute atomic E-state index is 12.2. The Labute approximate surface area is 149 Å². The molecule has 0 aliphatic rings. The van der Waals surface area contributed by atoms with Crippen LogP contribution in [0.25, 0.3) is 10.2 Å². The number of fused-ring (bicyclic) bond motifs is 1. The molecule has 2 heterocycles. The van der Waals surface area contributed by atoms with Crippen LogP contribution in [0.5, 0.6) is 0 Å². The molecule has 0 atom stereocenters. The summed E-state index contributed by atoms with van der Waals surface area (Å²) < 4.78 is 1.12. The van der Waals surface area contributed by atoms with Gasteiger partial charge < -0.3 is 5.32 Å². The van der Waals surface area contributed by atoms with Gasteiger partial charge in [-0.1, -0.05) is 26.0 Å². The molecule has 0 aliphatic carbocycles. The van der Waals surface area contributed by atoms with Crippen LogP contribution >= 0.6 is 23.1 Å². The van der Waals surface area contributed by atoms with E-state index in [1.54, 1.807) is 29.4 Å². The number of thioether (sulfide) groups is 1. The highest BCUT2D eigenvalue weighted by Gasteiger charge is 2.09. The summed E-state index contributed by atoms with van der Waals surface area (Å²) in [5, 5.41) is 5.98. The van der Waals surface area contributed by atoms with E-state index in [1.165, 1.54) is 0 Å². The van der Waals surface area contributed by atoms with Crippen molar-refractivity contribution in [2.45, 2.75) is 24.6 Å². The summed E-state index contributed by atoms with van der Waals surface area (Å²) in [4.78, 5) is 20.8. The molecule has 1 aromatic carbocycles. The highest BCUT2D eigenvalue weighted by atomic mass is 32.2. The van der Waals surface area contributed by atoms with Gasteiger partial charge in [0.15, 0.2) is 0 Å². The van der Waals surface area contributed by atoms with E-state index in [0.717, 1.165) is 26.6 Å². The molecule has 3 rings (SSSR count). The van der Waals surface area contributed by atoms with Gasteiger partial charge in [-0.25, -0.2) is 9.97 Å². The third kappa shape index (κ3) is 4.13.